The molecule has 0 aliphatic rings. The minimum absolute atomic E-state index is 0.232. The van der Waals surface area contributed by atoms with Crippen LogP contribution in [-0.2, 0) is 14.8 Å². The largest absolute Gasteiger partial charge is 0.355 e. The minimum Gasteiger partial charge on any atom is -0.355 e. The molecule has 0 radical (unpaired) electrons. The topological polar surface area (TPSA) is 75.3 Å². The number of carbonyl (C=O) groups is 1. The minimum atomic E-state index is -4.98. The predicted octanol–water partition coefficient (Wildman–Crippen LogP) is 0.796. The first-order valence-corrected chi connectivity index (χ1v) is 6.83. The van der Waals surface area contributed by atoms with Gasteiger partial charge >= 0.3 is 0 Å². The molecule has 0 spiro atoms. The second kappa shape index (κ2) is 6.35. The smallest absolute Gasteiger partial charge is 0.246 e. The lowest BCUT2D eigenvalue weighted by atomic mass is 10.3. The molecular formula is C10H9F5N2O3S. The van der Waals surface area contributed by atoms with Gasteiger partial charge in [-0.15, -0.1) is 0 Å². The Hall–Kier alpha value is -1.75. The number of halogens is 5. The van der Waals surface area contributed by atoms with E-state index in [2.05, 4.69) is 5.32 Å². The molecule has 0 saturated carbocycles. The highest BCUT2D eigenvalue weighted by molar-refractivity contribution is 7.89. The molecule has 0 fully saturated rings. The number of sulfonamides is 1. The molecule has 1 amide bonds. The molecule has 0 bridgehead atoms. The van der Waals surface area contributed by atoms with E-state index in [1.165, 1.54) is 0 Å². The van der Waals surface area contributed by atoms with Crippen molar-refractivity contribution < 1.29 is 35.2 Å². The second-order valence-corrected chi connectivity index (χ2v) is 5.48. The highest BCUT2D eigenvalue weighted by atomic mass is 32.2. The van der Waals surface area contributed by atoms with Crippen molar-refractivity contribution in [2.45, 2.75) is 11.8 Å². The molecule has 21 heavy (non-hydrogen) atoms. The number of rotatable bonds is 5. The summed E-state index contributed by atoms with van der Waals surface area (Å²) in [6, 6.07) is 0. The summed E-state index contributed by atoms with van der Waals surface area (Å²) in [5, 5.41) is 2.17. The van der Waals surface area contributed by atoms with Crippen molar-refractivity contribution in [3.8, 4) is 0 Å². The fourth-order valence-corrected chi connectivity index (χ4v) is 2.48. The van der Waals surface area contributed by atoms with Gasteiger partial charge in [0.1, 0.15) is 0 Å². The third-order valence-corrected chi connectivity index (χ3v) is 3.71. The predicted molar refractivity (Wildman–Crippen MR) is 60.1 cm³/mol. The number of carbonyl (C=O) groups excluding carboxylic acids is 1. The number of hydrogen-bond donors (Lipinski definition) is 2. The second-order valence-electron chi connectivity index (χ2n) is 3.78. The van der Waals surface area contributed by atoms with Gasteiger partial charge in [-0.1, -0.05) is 0 Å². The first-order chi connectivity index (χ1) is 9.59. The van der Waals surface area contributed by atoms with Crippen LogP contribution < -0.4 is 10.0 Å². The Bertz CT molecular complexity index is 649. The molecule has 0 aromatic heterocycles. The van der Waals surface area contributed by atoms with Crippen LogP contribution in [0.4, 0.5) is 22.0 Å². The number of benzene rings is 1. The van der Waals surface area contributed by atoms with E-state index in [0.29, 0.717) is 0 Å². The van der Waals surface area contributed by atoms with E-state index >= 15 is 0 Å². The molecule has 0 aliphatic carbocycles. The van der Waals surface area contributed by atoms with E-state index in [9.17, 15) is 35.2 Å². The zero-order chi connectivity index (χ0) is 16.4. The molecule has 0 aliphatic heterocycles. The van der Waals surface area contributed by atoms with E-state index in [-0.39, 0.29) is 6.54 Å². The van der Waals surface area contributed by atoms with Crippen LogP contribution in [0, 0.1) is 29.1 Å². The SMILES string of the molecule is CC(=O)NCCNS(=O)(=O)c1c(F)c(F)c(F)c(F)c1F. The van der Waals surface area contributed by atoms with E-state index in [0.717, 1.165) is 6.92 Å². The summed E-state index contributed by atoms with van der Waals surface area (Å²) in [7, 11) is -4.98. The molecule has 11 heteroatoms. The Morgan fingerprint density at radius 1 is 0.905 bits per heavy atom. The van der Waals surface area contributed by atoms with Gasteiger partial charge < -0.3 is 5.32 Å². The van der Waals surface area contributed by atoms with Crippen LogP contribution in [0.5, 0.6) is 0 Å². The summed E-state index contributed by atoms with van der Waals surface area (Å²) in [5.74, 6) is -12.6. The summed E-state index contributed by atoms with van der Waals surface area (Å²) in [4.78, 5) is 8.55. The van der Waals surface area contributed by atoms with Crippen LogP contribution in [0.1, 0.15) is 6.92 Å². The highest BCUT2D eigenvalue weighted by Gasteiger charge is 2.33. The molecular weight excluding hydrogens is 323 g/mol. The van der Waals surface area contributed by atoms with Crippen LogP contribution in [0.3, 0.4) is 0 Å². The molecule has 2 N–H and O–H groups in total. The Morgan fingerprint density at radius 3 is 1.76 bits per heavy atom. The Kier molecular flexibility index (Phi) is 5.23. The number of amides is 1. The Labute approximate surface area is 116 Å². The maximum atomic E-state index is 13.3. The average molecular weight is 332 g/mol. The normalized spacial score (nSPS) is 11.5. The fourth-order valence-electron chi connectivity index (χ4n) is 1.32. The molecule has 0 unspecified atom stereocenters. The van der Waals surface area contributed by atoms with E-state index in [1.807, 2.05) is 0 Å². The van der Waals surface area contributed by atoms with Crippen molar-refractivity contribution in [2.24, 2.45) is 0 Å². The maximum absolute atomic E-state index is 13.3. The van der Waals surface area contributed by atoms with Crippen LogP contribution >= 0.6 is 0 Å². The molecule has 1 rings (SSSR count). The van der Waals surface area contributed by atoms with Gasteiger partial charge in [0.15, 0.2) is 28.2 Å². The zero-order valence-corrected chi connectivity index (χ0v) is 11.3. The fraction of sp³-hybridized carbons (Fsp3) is 0.300. The van der Waals surface area contributed by atoms with Gasteiger partial charge in [-0.25, -0.2) is 35.1 Å². The van der Waals surface area contributed by atoms with Crippen LogP contribution in [0.15, 0.2) is 4.90 Å². The van der Waals surface area contributed by atoms with Crippen molar-refractivity contribution in [3.63, 3.8) is 0 Å². The molecule has 1 aromatic rings. The van der Waals surface area contributed by atoms with Gasteiger partial charge in [0.05, 0.1) is 0 Å². The summed E-state index contributed by atoms with van der Waals surface area (Å²) < 4.78 is 90.0. The van der Waals surface area contributed by atoms with Crippen molar-refractivity contribution in [2.75, 3.05) is 13.1 Å². The summed E-state index contributed by atoms with van der Waals surface area (Å²) in [6.07, 6.45) is 0. The number of nitrogens with one attached hydrogen (secondary N) is 2. The Morgan fingerprint density at radius 2 is 1.33 bits per heavy atom. The van der Waals surface area contributed by atoms with Crippen molar-refractivity contribution in [3.05, 3.63) is 29.1 Å². The Balaban J connectivity index is 3.12. The summed E-state index contributed by atoms with van der Waals surface area (Å²) in [6.45, 7) is 0.407. The van der Waals surface area contributed by atoms with Gasteiger partial charge in [-0.05, 0) is 0 Å². The third kappa shape index (κ3) is 3.67. The van der Waals surface area contributed by atoms with E-state index in [1.54, 1.807) is 4.72 Å². The van der Waals surface area contributed by atoms with Crippen molar-refractivity contribution >= 4 is 15.9 Å². The molecule has 118 valence electrons. The zero-order valence-electron chi connectivity index (χ0n) is 10.4. The van der Waals surface area contributed by atoms with Gasteiger partial charge in [0.25, 0.3) is 0 Å². The molecule has 5 nitrogen and oxygen atoms in total. The average Bonchev–Trinajstić information content (AvgIpc) is 2.39. The lowest BCUT2D eigenvalue weighted by Gasteiger charge is -2.10. The van der Waals surface area contributed by atoms with E-state index < -0.39 is 56.5 Å². The van der Waals surface area contributed by atoms with Crippen LogP contribution in [0.2, 0.25) is 0 Å². The van der Waals surface area contributed by atoms with Gasteiger partial charge in [0, 0.05) is 20.0 Å². The monoisotopic (exact) mass is 332 g/mol. The standard InChI is InChI=1S/C10H9F5N2O3S/c1-4(18)16-2-3-17-21(19,20)10-8(14)6(12)5(11)7(13)9(10)15/h17H,2-3H2,1H3,(H,16,18). The van der Waals surface area contributed by atoms with Gasteiger partial charge in [-0.3, -0.25) is 4.79 Å². The molecule has 0 heterocycles. The highest BCUT2D eigenvalue weighted by Crippen LogP contribution is 2.26. The molecule has 1 aromatic carbocycles. The maximum Gasteiger partial charge on any atom is 0.246 e. The summed E-state index contributed by atoms with van der Waals surface area (Å²) >= 11 is 0. The molecule has 0 saturated heterocycles. The van der Waals surface area contributed by atoms with Crippen LogP contribution in [0.25, 0.3) is 0 Å². The first-order valence-electron chi connectivity index (χ1n) is 5.35. The van der Waals surface area contributed by atoms with Crippen molar-refractivity contribution in [1.29, 1.82) is 0 Å². The lowest BCUT2D eigenvalue weighted by molar-refractivity contribution is -0.118. The van der Waals surface area contributed by atoms with Crippen LogP contribution in [-0.4, -0.2) is 27.4 Å². The van der Waals surface area contributed by atoms with Crippen molar-refractivity contribution in [1.82, 2.24) is 10.0 Å². The quantitative estimate of drug-likeness (QED) is 0.362. The third-order valence-electron chi connectivity index (χ3n) is 2.23. The van der Waals surface area contributed by atoms with E-state index in [4.69, 9.17) is 0 Å². The lowest BCUT2D eigenvalue weighted by Crippen LogP contribution is -2.34. The van der Waals surface area contributed by atoms with Gasteiger partial charge in [0.2, 0.25) is 21.7 Å². The molecule has 0 atom stereocenters. The van der Waals surface area contributed by atoms with Gasteiger partial charge in [-0.2, -0.15) is 0 Å². The summed E-state index contributed by atoms with van der Waals surface area (Å²) in [5.41, 5.74) is 0. The number of hydrogen-bond acceptors (Lipinski definition) is 3. The first kappa shape index (κ1) is 17.3.